The third-order valence-electron chi connectivity index (χ3n) is 1.68. The molecular formula is C9H4ClN3. The Kier molecular flexibility index (Phi) is 1.84. The summed E-state index contributed by atoms with van der Waals surface area (Å²) in [5.74, 6) is 0. The van der Waals surface area contributed by atoms with E-state index in [1.54, 1.807) is 18.3 Å². The fourth-order valence-electron chi connectivity index (χ4n) is 1.07. The van der Waals surface area contributed by atoms with Crippen LogP contribution in [0.5, 0.6) is 0 Å². The van der Waals surface area contributed by atoms with Crippen LogP contribution in [0, 0.1) is 11.3 Å². The lowest BCUT2D eigenvalue weighted by atomic mass is 10.2. The Morgan fingerprint density at radius 2 is 2.23 bits per heavy atom. The molecule has 0 atom stereocenters. The van der Waals surface area contributed by atoms with Gasteiger partial charge in [0.05, 0.1) is 16.1 Å². The first-order valence-corrected chi connectivity index (χ1v) is 4.00. The minimum atomic E-state index is 0.355. The van der Waals surface area contributed by atoms with Gasteiger partial charge < -0.3 is 0 Å². The number of hydrogen-bond donors (Lipinski definition) is 0. The number of pyridine rings is 2. The van der Waals surface area contributed by atoms with Gasteiger partial charge in [0, 0.05) is 12.4 Å². The normalized spacial score (nSPS) is 9.85. The molecule has 0 aliphatic heterocycles. The van der Waals surface area contributed by atoms with E-state index in [2.05, 4.69) is 9.97 Å². The molecule has 2 aromatic rings. The highest BCUT2D eigenvalue weighted by molar-refractivity contribution is 6.35. The molecule has 0 fully saturated rings. The van der Waals surface area contributed by atoms with Crippen molar-refractivity contribution in [2.45, 2.75) is 0 Å². The Bertz CT molecular complexity index is 502. The molecule has 0 radical (unpaired) electrons. The molecule has 0 saturated heterocycles. The van der Waals surface area contributed by atoms with E-state index in [0.29, 0.717) is 21.6 Å². The first-order valence-electron chi connectivity index (χ1n) is 3.62. The lowest BCUT2D eigenvalue weighted by Crippen LogP contribution is -1.86. The van der Waals surface area contributed by atoms with E-state index in [-0.39, 0.29) is 0 Å². The third-order valence-corrected chi connectivity index (χ3v) is 2.07. The molecule has 0 spiro atoms. The molecule has 0 aromatic carbocycles. The predicted octanol–water partition coefficient (Wildman–Crippen LogP) is 2.15. The minimum absolute atomic E-state index is 0.355. The summed E-state index contributed by atoms with van der Waals surface area (Å²) in [6.45, 7) is 0. The van der Waals surface area contributed by atoms with Crippen LogP contribution >= 0.6 is 11.6 Å². The fraction of sp³-hybridized carbons (Fsp3) is 0. The second-order valence-corrected chi connectivity index (χ2v) is 2.85. The zero-order chi connectivity index (χ0) is 9.26. The summed E-state index contributed by atoms with van der Waals surface area (Å²) in [5.41, 5.74) is 1.63. The molecule has 0 aliphatic carbocycles. The summed E-state index contributed by atoms with van der Waals surface area (Å²) in [7, 11) is 0. The molecule has 13 heavy (non-hydrogen) atoms. The average molecular weight is 190 g/mol. The van der Waals surface area contributed by atoms with E-state index in [9.17, 15) is 0 Å². The van der Waals surface area contributed by atoms with Crippen molar-refractivity contribution in [3.05, 3.63) is 35.1 Å². The van der Waals surface area contributed by atoms with Crippen molar-refractivity contribution < 1.29 is 0 Å². The van der Waals surface area contributed by atoms with Gasteiger partial charge in [0.2, 0.25) is 0 Å². The van der Waals surface area contributed by atoms with Gasteiger partial charge in [-0.25, -0.2) is 0 Å². The van der Waals surface area contributed by atoms with Crippen LogP contribution in [-0.2, 0) is 0 Å². The van der Waals surface area contributed by atoms with Gasteiger partial charge in [-0.3, -0.25) is 9.97 Å². The maximum absolute atomic E-state index is 8.68. The fourth-order valence-corrected chi connectivity index (χ4v) is 1.30. The zero-order valence-corrected chi connectivity index (χ0v) is 7.28. The molecule has 0 unspecified atom stereocenters. The summed E-state index contributed by atoms with van der Waals surface area (Å²) in [5, 5.41) is 9.04. The third kappa shape index (κ3) is 1.21. The van der Waals surface area contributed by atoms with Crippen molar-refractivity contribution in [1.82, 2.24) is 9.97 Å². The molecule has 0 bridgehead atoms. The highest BCUT2D eigenvalue weighted by atomic mass is 35.5. The van der Waals surface area contributed by atoms with E-state index < -0.39 is 0 Å². The van der Waals surface area contributed by atoms with Crippen LogP contribution in [0.3, 0.4) is 0 Å². The Morgan fingerprint density at radius 1 is 1.38 bits per heavy atom. The SMILES string of the molecule is N#Cc1cnc2cccnc2c1Cl. The first-order chi connectivity index (χ1) is 6.33. The molecule has 0 aliphatic rings. The molecule has 0 N–H and O–H groups in total. The summed E-state index contributed by atoms with van der Waals surface area (Å²) >= 11 is 5.92. The number of nitrogens with zero attached hydrogens (tertiary/aromatic N) is 3. The van der Waals surface area contributed by atoms with Gasteiger partial charge in [-0.15, -0.1) is 0 Å². The quantitative estimate of drug-likeness (QED) is 0.638. The maximum Gasteiger partial charge on any atom is 0.109 e. The second-order valence-electron chi connectivity index (χ2n) is 2.47. The highest BCUT2D eigenvalue weighted by Crippen LogP contribution is 2.22. The Morgan fingerprint density at radius 3 is 3.00 bits per heavy atom. The van der Waals surface area contributed by atoms with Crippen LogP contribution in [-0.4, -0.2) is 9.97 Å². The van der Waals surface area contributed by atoms with E-state index in [0.717, 1.165) is 0 Å². The molecule has 2 aromatic heterocycles. The molecule has 2 rings (SSSR count). The van der Waals surface area contributed by atoms with E-state index in [4.69, 9.17) is 16.9 Å². The van der Waals surface area contributed by atoms with Gasteiger partial charge in [-0.2, -0.15) is 5.26 Å². The van der Waals surface area contributed by atoms with Crippen molar-refractivity contribution in [2.75, 3.05) is 0 Å². The first kappa shape index (κ1) is 7.96. The van der Waals surface area contributed by atoms with Gasteiger partial charge in [-0.1, -0.05) is 11.6 Å². The second kappa shape index (κ2) is 3.00. The van der Waals surface area contributed by atoms with E-state index in [1.165, 1.54) is 6.20 Å². The number of fused-ring (bicyclic) bond motifs is 1. The van der Waals surface area contributed by atoms with Crippen molar-refractivity contribution in [2.24, 2.45) is 0 Å². The minimum Gasteiger partial charge on any atom is -0.253 e. The summed E-state index contributed by atoms with van der Waals surface area (Å²) in [6, 6.07) is 5.53. The topological polar surface area (TPSA) is 49.6 Å². The summed E-state index contributed by atoms with van der Waals surface area (Å²) < 4.78 is 0. The molecule has 0 amide bonds. The summed E-state index contributed by atoms with van der Waals surface area (Å²) in [4.78, 5) is 8.09. The molecule has 4 heteroatoms. The number of rotatable bonds is 0. The molecule has 0 saturated carbocycles. The van der Waals surface area contributed by atoms with Crippen molar-refractivity contribution in [3.63, 3.8) is 0 Å². The van der Waals surface area contributed by atoms with Crippen LogP contribution < -0.4 is 0 Å². The zero-order valence-electron chi connectivity index (χ0n) is 6.53. The van der Waals surface area contributed by atoms with Crippen molar-refractivity contribution >= 4 is 22.6 Å². The number of hydrogen-bond acceptors (Lipinski definition) is 3. The Hall–Kier alpha value is -1.66. The number of aromatic nitrogens is 2. The number of halogens is 1. The van der Waals surface area contributed by atoms with Crippen molar-refractivity contribution in [1.29, 1.82) is 5.26 Å². The van der Waals surface area contributed by atoms with Crippen molar-refractivity contribution in [3.8, 4) is 6.07 Å². The van der Waals surface area contributed by atoms with Gasteiger partial charge in [0.25, 0.3) is 0 Å². The highest BCUT2D eigenvalue weighted by Gasteiger charge is 2.05. The maximum atomic E-state index is 8.68. The predicted molar refractivity (Wildman–Crippen MR) is 49.3 cm³/mol. The average Bonchev–Trinajstić information content (AvgIpc) is 2.19. The monoisotopic (exact) mass is 189 g/mol. The molecule has 2 heterocycles. The van der Waals surface area contributed by atoms with Gasteiger partial charge in [0.1, 0.15) is 11.6 Å². The van der Waals surface area contributed by atoms with Crippen LogP contribution in [0.15, 0.2) is 24.5 Å². The Labute approximate surface area is 79.6 Å². The van der Waals surface area contributed by atoms with Crippen LogP contribution in [0.4, 0.5) is 0 Å². The molecule has 3 nitrogen and oxygen atoms in total. The standard InChI is InChI=1S/C9H4ClN3/c10-8-6(4-11)5-13-7-2-1-3-12-9(7)8/h1-3,5H. The number of nitriles is 1. The molecule has 62 valence electrons. The van der Waals surface area contributed by atoms with E-state index in [1.807, 2.05) is 6.07 Å². The van der Waals surface area contributed by atoms with Gasteiger partial charge in [-0.05, 0) is 12.1 Å². The van der Waals surface area contributed by atoms with Gasteiger partial charge >= 0.3 is 0 Å². The Balaban J connectivity index is 2.89. The lowest BCUT2D eigenvalue weighted by molar-refractivity contribution is 1.32. The van der Waals surface area contributed by atoms with Crippen LogP contribution in [0.2, 0.25) is 5.02 Å². The smallest absolute Gasteiger partial charge is 0.109 e. The largest absolute Gasteiger partial charge is 0.253 e. The van der Waals surface area contributed by atoms with E-state index >= 15 is 0 Å². The lowest BCUT2D eigenvalue weighted by Gasteiger charge is -1.98. The molecular weight excluding hydrogens is 186 g/mol. The van der Waals surface area contributed by atoms with Crippen LogP contribution in [0.1, 0.15) is 5.56 Å². The van der Waals surface area contributed by atoms with Gasteiger partial charge in [0.15, 0.2) is 0 Å². The van der Waals surface area contributed by atoms with Crippen LogP contribution in [0.25, 0.3) is 11.0 Å². The summed E-state index contributed by atoms with van der Waals surface area (Å²) in [6.07, 6.45) is 3.07.